The van der Waals surface area contributed by atoms with Crippen LogP contribution >= 0.6 is 0 Å². The minimum absolute atomic E-state index is 0.171. The van der Waals surface area contributed by atoms with E-state index in [9.17, 15) is 4.79 Å². The predicted molar refractivity (Wildman–Crippen MR) is 78.6 cm³/mol. The summed E-state index contributed by atoms with van der Waals surface area (Å²) in [7, 11) is 1.63. The van der Waals surface area contributed by atoms with E-state index in [0.717, 1.165) is 30.4 Å². The van der Waals surface area contributed by atoms with Gasteiger partial charge in [-0.05, 0) is 43.5 Å². The molecular weight excluding hydrogens is 254 g/mol. The van der Waals surface area contributed by atoms with Crippen molar-refractivity contribution >= 4 is 17.6 Å². The fourth-order valence-corrected chi connectivity index (χ4v) is 2.70. The van der Waals surface area contributed by atoms with Crippen LogP contribution in [0.25, 0.3) is 0 Å². The molecule has 0 atom stereocenters. The Hall–Kier alpha value is -2.04. The standard InChI is InChI=1S/C15H19N3O2/c1-20-13-7-5-12(6-8-13)18-11-14(16-15(18)19)17-9-3-2-4-10-17/h5-8H,2-4,9-11H2,1H3. The molecule has 1 saturated heterocycles. The third kappa shape index (κ3) is 2.48. The molecule has 2 aliphatic rings. The number of rotatable bonds is 2. The number of aliphatic imine (C=N–C) groups is 1. The molecule has 0 radical (unpaired) electrons. The van der Waals surface area contributed by atoms with Crippen molar-refractivity contribution in [2.45, 2.75) is 19.3 Å². The number of benzene rings is 1. The van der Waals surface area contributed by atoms with Gasteiger partial charge in [-0.1, -0.05) is 0 Å². The van der Waals surface area contributed by atoms with Gasteiger partial charge >= 0.3 is 6.03 Å². The van der Waals surface area contributed by atoms with Gasteiger partial charge in [0.2, 0.25) is 0 Å². The number of hydrogen-bond acceptors (Lipinski definition) is 3. The summed E-state index contributed by atoms with van der Waals surface area (Å²) in [5.41, 5.74) is 0.867. The Morgan fingerprint density at radius 2 is 1.80 bits per heavy atom. The van der Waals surface area contributed by atoms with Gasteiger partial charge in [-0.3, -0.25) is 4.90 Å². The average molecular weight is 273 g/mol. The number of amidine groups is 1. The van der Waals surface area contributed by atoms with Crippen molar-refractivity contribution in [3.05, 3.63) is 24.3 Å². The zero-order valence-electron chi connectivity index (χ0n) is 11.7. The van der Waals surface area contributed by atoms with Gasteiger partial charge in [0.1, 0.15) is 11.6 Å². The molecule has 106 valence electrons. The lowest BCUT2D eigenvalue weighted by Crippen LogP contribution is -2.39. The highest BCUT2D eigenvalue weighted by atomic mass is 16.5. The van der Waals surface area contributed by atoms with Crippen molar-refractivity contribution < 1.29 is 9.53 Å². The van der Waals surface area contributed by atoms with E-state index >= 15 is 0 Å². The molecule has 5 heteroatoms. The molecule has 0 saturated carbocycles. The molecule has 2 heterocycles. The fourth-order valence-electron chi connectivity index (χ4n) is 2.70. The van der Waals surface area contributed by atoms with E-state index in [0.29, 0.717) is 6.54 Å². The number of piperidine rings is 1. The number of carbonyl (C=O) groups is 1. The molecule has 1 aromatic carbocycles. The molecule has 0 N–H and O–H groups in total. The lowest BCUT2D eigenvalue weighted by Gasteiger charge is -2.28. The van der Waals surface area contributed by atoms with Crippen molar-refractivity contribution in [1.82, 2.24) is 4.90 Å². The Balaban J connectivity index is 1.72. The number of anilines is 1. The second kappa shape index (κ2) is 5.53. The van der Waals surface area contributed by atoms with Gasteiger partial charge in [-0.2, -0.15) is 4.99 Å². The minimum atomic E-state index is -0.171. The van der Waals surface area contributed by atoms with Crippen LogP contribution in [0.5, 0.6) is 5.75 Å². The smallest absolute Gasteiger partial charge is 0.350 e. The molecule has 2 aliphatic heterocycles. The lowest BCUT2D eigenvalue weighted by atomic mass is 10.1. The first-order chi connectivity index (χ1) is 9.78. The molecule has 0 spiro atoms. The van der Waals surface area contributed by atoms with Crippen molar-refractivity contribution in [3.63, 3.8) is 0 Å². The van der Waals surface area contributed by atoms with Crippen molar-refractivity contribution in [2.24, 2.45) is 4.99 Å². The van der Waals surface area contributed by atoms with Crippen molar-refractivity contribution in [2.75, 3.05) is 31.6 Å². The molecule has 3 rings (SSSR count). The van der Waals surface area contributed by atoms with Gasteiger partial charge in [0.25, 0.3) is 0 Å². The van der Waals surface area contributed by atoms with Gasteiger partial charge < -0.3 is 9.64 Å². The molecule has 2 amide bonds. The lowest BCUT2D eigenvalue weighted by molar-refractivity contribution is 0.256. The van der Waals surface area contributed by atoms with Crippen LogP contribution in [-0.2, 0) is 0 Å². The molecular formula is C15H19N3O2. The molecule has 0 bridgehead atoms. The molecule has 5 nitrogen and oxygen atoms in total. The number of urea groups is 1. The summed E-state index contributed by atoms with van der Waals surface area (Å²) in [5, 5.41) is 0. The summed E-state index contributed by atoms with van der Waals surface area (Å²) in [6.07, 6.45) is 3.66. The maximum absolute atomic E-state index is 12.1. The quantitative estimate of drug-likeness (QED) is 0.831. The van der Waals surface area contributed by atoms with E-state index < -0.39 is 0 Å². The second-order valence-corrected chi connectivity index (χ2v) is 5.14. The molecule has 0 aliphatic carbocycles. The first-order valence-corrected chi connectivity index (χ1v) is 7.06. The van der Waals surface area contributed by atoms with Crippen LogP contribution in [0.2, 0.25) is 0 Å². The zero-order chi connectivity index (χ0) is 13.9. The summed E-state index contributed by atoms with van der Waals surface area (Å²) < 4.78 is 5.13. The van der Waals surface area contributed by atoms with Gasteiger partial charge in [0, 0.05) is 18.8 Å². The monoisotopic (exact) mass is 273 g/mol. The zero-order valence-corrected chi connectivity index (χ0v) is 11.7. The largest absolute Gasteiger partial charge is 0.497 e. The van der Waals surface area contributed by atoms with E-state index in [1.807, 2.05) is 24.3 Å². The number of amides is 2. The highest BCUT2D eigenvalue weighted by Gasteiger charge is 2.28. The van der Waals surface area contributed by atoms with Crippen molar-refractivity contribution in [3.8, 4) is 5.75 Å². The highest BCUT2D eigenvalue weighted by Crippen LogP contribution is 2.23. The van der Waals surface area contributed by atoms with Crippen LogP contribution in [0.4, 0.5) is 10.5 Å². The van der Waals surface area contributed by atoms with E-state index in [2.05, 4.69) is 9.89 Å². The van der Waals surface area contributed by atoms with Gasteiger partial charge in [0.05, 0.1) is 13.7 Å². The van der Waals surface area contributed by atoms with Crippen LogP contribution in [-0.4, -0.2) is 43.5 Å². The van der Waals surface area contributed by atoms with Crippen LogP contribution < -0.4 is 9.64 Å². The molecule has 1 fully saturated rings. The number of ether oxygens (including phenoxy) is 1. The van der Waals surface area contributed by atoms with E-state index in [1.165, 1.54) is 19.3 Å². The van der Waals surface area contributed by atoms with Gasteiger partial charge in [-0.15, -0.1) is 0 Å². The summed E-state index contributed by atoms with van der Waals surface area (Å²) in [6.45, 7) is 2.61. The van der Waals surface area contributed by atoms with Crippen LogP contribution in [0, 0.1) is 0 Å². The topological polar surface area (TPSA) is 45.1 Å². The molecule has 20 heavy (non-hydrogen) atoms. The number of methoxy groups -OCH3 is 1. The minimum Gasteiger partial charge on any atom is -0.497 e. The van der Waals surface area contributed by atoms with Crippen molar-refractivity contribution in [1.29, 1.82) is 0 Å². The first kappa shape index (κ1) is 13.0. The fraction of sp³-hybridized carbons (Fsp3) is 0.467. The average Bonchev–Trinajstić information content (AvgIpc) is 2.90. The second-order valence-electron chi connectivity index (χ2n) is 5.14. The predicted octanol–water partition coefficient (Wildman–Crippen LogP) is 2.52. The Morgan fingerprint density at radius 3 is 2.45 bits per heavy atom. The Morgan fingerprint density at radius 1 is 1.10 bits per heavy atom. The number of carbonyl (C=O) groups excluding carboxylic acids is 1. The number of likely N-dealkylation sites (tertiary alicyclic amines) is 1. The van der Waals surface area contributed by atoms with Crippen LogP contribution in [0.3, 0.4) is 0 Å². The van der Waals surface area contributed by atoms with Gasteiger partial charge in [0.15, 0.2) is 0 Å². The normalized spacial score (nSPS) is 19.2. The molecule has 0 unspecified atom stereocenters. The van der Waals surface area contributed by atoms with E-state index in [4.69, 9.17) is 4.74 Å². The first-order valence-electron chi connectivity index (χ1n) is 7.06. The molecule has 1 aromatic rings. The summed E-state index contributed by atoms with van der Waals surface area (Å²) in [4.78, 5) is 20.2. The molecule has 0 aromatic heterocycles. The summed E-state index contributed by atoms with van der Waals surface area (Å²) in [5.74, 6) is 1.70. The van der Waals surface area contributed by atoms with E-state index in [-0.39, 0.29) is 6.03 Å². The highest BCUT2D eigenvalue weighted by molar-refractivity contribution is 6.11. The van der Waals surface area contributed by atoms with Crippen LogP contribution in [0.1, 0.15) is 19.3 Å². The Kier molecular flexibility index (Phi) is 3.58. The van der Waals surface area contributed by atoms with Gasteiger partial charge in [-0.25, -0.2) is 4.79 Å². The maximum Gasteiger partial charge on any atom is 0.350 e. The Bertz CT molecular complexity index is 518. The number of nitrogens with zero attached hydrogens (tertiary/aromatic N) is 3. The third-order valence-corrected chi connectivity index (χ3v) is 3.86. The SMILES string of the molecule is COc1ccc(N2CC(N3CCCCC3)=NC2=O)cc1. The maximum atomic E-state index is 12.1. The number of hydrogen-bond donors (Lipinski definition) is 0. The summed E-state index contributed by atoms with van der Waals surface area (Å²) >= 11 is 0. The summed E-state index contributed by atoms with van der Waals surface area (Å²) in [6, 6.07) is 7.34. The Labute approximate surface area is 118 Å². The van der Waals surface area contributed by atoms with E-state index in [1.54, 1.807) is 12.0 Å². The van der Waals surface area contributed by atoms with Crippen LogP contribution in [0.15, 0.2) is 29.3 Å². The third-order valence-electron chi connectivity index (χ3n) is 3.86.